The molecule has 1 aliphatic heterocycles. The van der Waals surface area contributed by atoms with Gasteiger partial charge in [0.25, 0.3) is 0 Å². The van der Waals surface area contributed by atoms with E-state index >= 15 is 0 Å². The van der Waals surface area contributed by atoms with Crippen LogP contribution in [0, 0.1) is 0 Å². The highest BCUT2D eigenvalue weighted by atomic mass is 16.5. The van der Waals surface area contributed by atoms with Crippen molar-refractivity contribution in [3.8, 4) is 0 Å². The van der Waals surface area contributed by atoms with Gasteiger partial charge in [-0.05, 0) is 25.7 Å². The van der Waals surface area contributed by atoms with Crippen LogP contribution in [0.25, 0.3) is 0 Å². The summed E-state index contributed by atoms with van der Waals surface area (Å²) in [6.07, 6.45) is 6.71. The predicted octanol–water partition coefficient (Wildman–Crippen LogP) is 0.565. The number of aliphatic hydroxyl groups excluding tert-OH is 1. The van der Waals surface area contributed by atoms with Gasteiger partial charge in [-0.15, -0.1) is 0 Å². The molecule has 19 heavy (non-hydrogen) atoms. The Balaban J connectivity index is 1.67. The third-order valence-corrected chi connectivity index (χ3v) is 4.09. The fourth-order valence-corrected chi connectivity index (χ4v) is 2.87. The van der Waals surface area contributed by atoms with Gasteiger partial charge >= 0.3 is 0 Å². The minimum absolute atomic E-state index is 0.0309. The molecule has 2 aliphatic rings. The summed E-state index contributed by atoms with van der Waals surface area (Å²) in [7, 11) is 0. The molecule has 2 fully saturated rings. The maximum absolute atomic E-state index is 11.9. The zero-order valence-corrected chi connectivity index (χ0v) is 11.6. The van der Waals surface area contributed by atoms with Gasteiger partial charge in [-0.25, -0.2) is 0 Å². The Morgan fingerprint density at radius 1 is 1.11 bits per heavy atom. The molecule has 1 amide bonds. The lowest BCUT2D eigenvalue weighted by molar-refractivity contribution is -0.121. The van der Waals surface area contributed by atoms with Crippen molar-refractivity contribution < 1.29 is 14.6 Å². The SMILES string of the molecule is O=C(CNC1CCCCCC1O)NC1CCOCC1. The number of hydrogen-bond acceptors (Lipinski definition) is 4. The molecule has 0 bridgehead atoms. The van der Waals surface area contributed by atoms with Gasteiger partial charge in [0.05, 0.1) is 12.6 Å². The summed E-state index contributed by atoms with van der Waals surface area (Å²) >= 11 is 0. The van der Waals surface area contributed by atoms with Gasteiger partial charge < -0.3 is 20.5 Å². The molecule has 0 spiro atoms. The fourth-order valence-electron chi connectivity index (χ4n) is 2.87. The van der Waals surface area contributed by atoms with E-state index in [1.54, 1.807) is 0 Å². The van der Waals surface area contributed by atoms with Crippen molar-refractivity contribution >= 4 is 5.91 Å². The summed E-state index contributed by atoms with van der Waals surface area (Å²) in [6.45, 7) is 1.78. The first-order valence-electron chi connectivity index (χ1n) is 7.54. The number of carbonyl (C=O) groups is 1. The van der Waals surface area contributed by atoms with Crippen LogP contribution in [0.15, 0.2) is 0 Å². The number of hydrogen-bond donors (Lipinski definition) is 3. The number of ether oxygens (including phenoxy) is 1. The van der Waals surface area contributed by atoms with Crippen molar-refractivity contribution in [1.29, 1.82) is 0 Å². The Morgan fingerprint density at radius 3 is 2.63 bits per heavy atom. The molecular formula is C14H26N2O3. The highest BCUT2D eigenvalue weighted by molar-refractivity contribution is 5.78. The molecule has 110 valence electrons. The maximum Gasteiger partial charge on any atom is 0.234 e. The lowest BCUT2D eigenvalue weighted by atomic mass is 10.1. The molecule has 1 saturated heterocycles. The van der Waals surface area contributed by atoms with Gasteiger partial charge in [0.2, 0.25) is 5.91 Å². The van der Waals surface area contributed by atoms with E-state index in [1.165, 1.54) is 6.42 Å². The number of nitrogens with one attached hydrogen (secondary N) is 2. The van der Waals surface area contributed by atoms with Crippen LogP contribution in [0.3, 0.4) is 0 Å². The highest BCUT2D eigenvalue weighted by Crippen LogP contribution is 2.17. The zero-order valence-electron chi connectivity index (χ0n) is 11.6. The highest BCUT2D eigenvalue weighted by Gasteiger charge is 2.22. The Morgan fingerprint density at radius 2 is 1.84 bits per heavy atom. The maximum atomic E-state index is 11.9. The molecule has 5 nitrogen and oxygen atoms in total. The van der Waals surface area contributed by atoms with E-state index < -0.39 is 0 Å². The van der Waals surface area contributed by atoms with Gasteiger partial charge in [0.15, 0.2) is 0 Å². The first-order valence-corrected chi connectivity index (χ1v) is 7.54. The molecule has 3 N–H and O–H groups in total. The molecule has 0 aromatic carbocycles. The molecule has 5 heteroatoms. The largest absolute Gasteiger partial charge is 0.392 e. The van der Waals surface area contributed by atoms with Crippen LogP contribution in [0.5, 0.6) is 0 Å². The van der Waals surface area contributed by atoms with E-state index in [-0.39, 0.29) is 24.1 Å². The van der Waals surface area contributed by atoms with Gasteiger partial charge in [-0.1, -0.05) is 19.3 Å². The minimum Gasteiger partial charge on any atom is -0.392 e. The van der Waals surface area contributed by atoms with Crippen LogP contribution >= 0.6 is 0 Å². The van der Waals surface area contributed by atoms with E-state index in [9.17, 15) is 9.90 Å². The summed E-state index contributed by atoms with van der Waals surface area (Å²) in [4.78, 5) is 11.9. The molecule has 1 aliphatic carbocycles. The van der Waals surface area contributed by atoms with Gasteiger partial charge in [0.1, 0.15) is 0 Å². The normalized spacial score (nSPS) is 29.7. The van der Waals surface area contributed by atoms with E-state index in [1.807, 2.05) is 0 Å². The Kier molecular flexibility index (Phi) is 6.07. The van der Waals surface area contributed by atoms with Gasteiger partial charge in [-0.2, -0.15) is 0 Å². The number of aliphatic hydroxyl groups is 1. The van der Waals surface area contributed by atoms with Crippen LogP contribution in [0.2, 0.25) is 0 Å². The Labute approximate surface area is 115 Å². The number of amides is 1. The summed E-state index contributed by atoms with van der Waals surface area (Å²) in [5.41, 5.74) is 0. The summed E-state index contributed by atoms with van der Waals surface area (Å²) < 4.78 is 5.26. The van der Waals surface area contributed by atoms with E-state index in [4.69, 9.17) is 4.74 Å². The van der Waals surface area contributed by atoms with Crippen LogP contribution in [-0.2, 0) is 9.53 Å². The predicted molar refractivity (Wildman–Crippen MR) is 72.9 cm³/mol. The number of carbonyl (C=O) groups excluding carboxylic acids is 1. The van der Waals surface area contributed by atoms with Crippen molar-refractivity contribution in [2.24, 2.45) is 0 Å². The fraction of sp³-hybridized carbons (Fsp3) is 0.929. The minimum atomic E-state index is -0.307. The summed E-state index contributed by atoms with van der Waals surface area (Å²) in [5, 5.41) is 16.2. The van der Waals surface area contributed by atoms with Crippen molar-refractivity contribution in [2.75, 3.05) is 19.8 Å². The molecule has 2 rings (SSSR count). The van der Waals surface area contributed by atoms with Crippen LogP contribution < -0.4 is 10.6 Å². The first kappa shape index (κ1) is 14.8. The molecule has 2 atom stereocenters. The molecule has 0 radical (unpaired) electrons. The second kappa shape index (κ2) is 7.82. The second-order valence-electron chi connectivity index (χ2n) is 5.65. The molecular weight excluding hydrogens is 244 g/mol. The molecule has 0 aromatic rings. The van der Waals surface area contributed by atoms with E-state index in [2.05, 4.69) is 10.6 Å². The van der Waals surface area contributed by atoms with E-state index in [0.29, 0.717) is 6.54 Å². The Hall–Kier alpha value is -0.650. The molecule has 0 aromatic heterocycles. The third-order valence-electron chi connectivity index (χ3n) is 4.09. The van der Waals surface area contributed by atoms with Crippen molar-refractivity contribution in [2.45, 2.75) is 63.1 Å². The zero-order chi connectivity index (χ0) is 13.5. The van der Waals surface area contributed by atoms with Crippen LogP contribution in [0.4, 0.5) is 0 Å². The summed E-state index contributed by atoms with van der Waals surface area (Å²) in [6, 6.07) is 0.324. The van der Waals surface area contributed by atoms with Crippen LogP contribution in [0.1, 0.15) is 44.9 Å². The quantitative estimate of drug-likeness (QED) is 0.653. The van der Waals surface area contributed by atoms with E-state index in [0.717, 1.165) is 51.7 Å². The standard InChI is InChI=1S/C14H26N2O3/c17-13-5-3-1-2-4-12(13)15-10-14(18)16-11-6-8-19-9-7-11/h11-13,15,17H,1-10H2,(H,16,18). The second-order valence-corrected chi connectivity index (χ2v) is 5.65. The number of rotatable bonds is 4. The Bertz CT molecular complexity index is 280. The topological polar surface area (TPSA) is 70.6 Å². The van der Waals surface area contributed by atoms with Crippen molar-refractivity contribution in [1.82, 2.24) is 10.6 Å². The molecule has 2 unspecified atom stereocenters. The van der Waals surface area contributed by atoms with Crippen LogP contribution in [-0.4, -0.2) is 49.0 Å². The third kappa shape index (κ3) is 5.09. The average Bonchev–Trinajstić information content (AvgIpc) is 2.62. The monoisotopic (exact) mass is 270 g/mol. The summed E-state index contributed by atoms with van der Waals surface area (Å²) in [5.74, 6) is 0.0309. The molecule has 1 saturated carbocycles. The molecule has 1 heterocycles. The average molecular weight is 270 g/mol. The van der Waals surface area contributed by atoms with Gasteiger partial charge in [-0.3, -0.25) is 4.79 Å². The smallest absolute Gasteiger partial charge is 0.234 e. The lowest BCUT2D eigenvalue weighted by Crippen LogP contribution is -2.47. The lowest BCUT2D eigenvalue weighted by Gasteiger charge is -2.25. The van der Waals surface area contributed by atoms with Crippen molar-refractivity contribution in [3.63, 3.8) is 0 Å². The van der Waals surface area contributed by atoms with Gasteiger partial charge in [0, 0.05) is 25.3 Å². The van der Waals surface area contributed by atoms with Crippen molar-refractivity contribution in [3.05, 3.63) is 0 Å². The first-order chi connectivity index (χ1) is 9.25.